The van der Waals surface area contributed by atoms with Gasteiger partial charge in [-0.05, 0) is 57.4 Å². The molecule has 41 heavy (non-hydrogen) atoms. The second kappa shape index (κ2) is 12.4. The SMILES string of the molecule is CNc1ccc(-c2cn(COCC[Si-](C)(C)C)c3nccc(OCC4(C)CCN(C(=O)OC(C)(C)C)CC4)c23)cc1. The largest absolute Gasteiger partial charge is 0.492 e. The van der Waals surface area contributed by atoms with Crippen LogP contribution in [0.1, 0.15) is 40.5 Å². The number of piperidine rings is 1. The number of benzene rings is 1. The molecular formula is C32H48N4O4Si-. The summed E-state index contributed by atoms with van der Waals surface area (Å²) in [4.78, 5) is 19.1. The molecule has 1 amide bonds. The molecule has 3 aromatic rings. The third-order valence-corrected chi connectivity index (χ3v) is 9.33. The Morgan fingerprint density at radius 3 is 2.39 bits per heavy atom. The molecule has 1 aromatic carbocycles. The lowest BCUT2D eigenvalue weighted by atomic mass is 9.81. The number of carbonyl (C=O) groups excluding carboxylic acids is 1. The number of pyridine rings is 1. The molecule has 225 valence electrons. The predicted molar refractivity (Wildman–Crippen MR) is 169 cm³/mol. The fourth-order valence-electron chi connectivity index (χ4n) is 4.93. The molecule has 1 saturated heterocycles. The topological polar surface area (TPSA) is 77.9 Å². The van der Waals surface area contributed by atoms with E-state index in [1.165, 1.54) is 0 Å². The van der Waals surface area contributed by atoms with E-state index in [1.54, 1.807) is 0 Å². The summed E-state index contributed by atoms with van der Waals surface area (Å²) in [6.07, 6.45) is 5.42. The highest BCUT2D eigenvalue weighted by atomic mass is 28.3. The molecule has 0 aliphatic carbocycles. The number of carbonyl (C=O) groups is 1. The van der Waals surface area contributed by atoms with Crippen molar-refractivity contribution in [2.24, 2.45) is 5.41 Å². The Labute approximate surface area is 246 Å². The van der Waals surface area contributed by atoms with E-state index >= 15 is 0 Å². The number of nitrogens with one attached hydrogen (secondary N) is 1. The van der Waals surface area contributed by atoms with E-state index in [-0.39, 0.29) is 11.5 Å². The maximum Gasteiger partial charge on any atom is 0.410 e. The number of ether oxygens (including phenoxy) is 3. The maximum atomic E-state index is 12.6. The molecule has 1 aliphatic rings. The molecule has 2 aromatic heterocycles. The minimum absolute atomic E-state index is 0.0504. The standard InChI is InChI=1S/C32H48N4O4Si/c1-31(2,3)40-30(37)35-17-14-32(4,15-18-35)22-39-27-13-16-34-29-28(27)26(24-9-11-25(33-5)12-10-24)21-36(29)23-38-19-20-41(6,7)8/h9-13,16,21,33H,14-15,17-20,22-23H2,1-8H3/q-1. The normalized spacial score (nSPS) is 15.7. The van der Waals surface area contributed by atoms with Crippen molar-refractivity contribution < 1.29 is 19.0 Å². The zero-order chi connectivity index (χ0) is 29.8. The van der Waals surface area contributed by atoms with Crippen molar-refractivity contribution in [2.75, 3.05) is 38.7 Å². The molecule has 4 rings (SSSR count). The molecule has 8 nitrogen and oxygen atoms in total. The molecule has 1 fully saturated rings. The van der Waals surface area contributed by atoms with Crippen LogP contribution in [0.2, 0.25) is 25.7 Å². The van der Waals surface area contributed by atoms with E-state index in [9.17, 15) is 4.79 Å². The summed E-state index contributed by atoms with van der Waals surface area (Å²) >= 11 is 0. The molecule has 0 spiro atoms. The number of fused-ring (bicyclic) bond motifs is 1. The number of likely N-dealkylation sites (tertiary alicyclic amines) is 1. The van der Waals surface area contributed by atoms with Crippen LogP contribution in [0.3, 0.4) is 0 Å². The Morgan fingerprint density at radius 2 is 1.78 bits per heavy atom. The summed E-state index contributed by atoms with van der Waals surface area (Å²) in [5.41, 5.74) is 3.55. The van der Waals surface area contributed by atoms with Crippen molar-refractivity contribution in [1.82, 2.24) is 14.5 Å². The van der Waals surface area contributed by atoms with Crippen LogP contribution in [0.25, 0.3) is 22.2 Å². The van der Waals surface area contributed by atoms with Crippen LogP contribution in [0.4, 0.5) is 10.5 Å². The molecular weight excluding hydrogens is 532 g/mol. The van der Waals surface area contributed by atoms with Crippen LogP contribution < -0.4 is 10.1 Å². The number of nitrogens with zero attached hydrogens (tertiary/aromatic N) is 3. The summed E-state index contributed by atoms with van der Waals surface area (Å²) < 4.78 is 20.4. The zero-order valence-corrected chi connectivity index (χ0v) is 27.2. The number of amides is 1. The van der Waals surface area contributed by atoms with E-state index in [4.69, 9.17) is 19.2 Å². The van der Waals surface area contributed by atoms with Crippen molar-refractivity contribution in [3.63, 3.8) is 0 Å². The Kier molecular flexibility index (Phi) is 9.38. The monoisotopic (exact) mass is 580 g/mol. The summed E-state index contributed by atoms with van der Waals surface area (Å²) in [5.74, 6) is 0.819. The van der Waals surface area contributed by atoms with Crippen molar-refractivity contribution in [3.05, 3.63) is 42.7 Å². The summed E-state index contributed by atoms with van der Waals surface area (Å²) in [7, 11) is 0.749. The highest BCUT2D eigenvalue weighted by Gasteiger charge is 2.34. The Hall–Kier alpha value is -3.04. The summed E-state index contributed by atoms with van der Waals surface area (Å²) in [6, 6.07) is 11.5. The number of hydrogen-bond donors (Lipinski definition) is 1. The van der Waals surface area contributed by atoms with Gasteiger partial charge in [0.15, 0.2) is 0 Å². The van der Waals surface area contributed by atoms with Gasteiger partial charge in [-0.3, -0.25) is 0 Å². The highest BCUT2D eigenvalue weighted by Crippen LogP contribution is 2.39. The van der Waals surface area contributed by atoms with Crippen LogP contribution in [-0.4, -0.2) is 67.6 Å². The lowest BCUT2D eigenvalue weighted by molar-refractivity contribution is 0.00603. The first-order valence-corrected chi connectivity index (χ1v) is 18.4. The first kappa shape index (κ1) is 30.9. The third kappa shape index (κ3) is 8.26. The van der Waals surface area contributed by atoms with Gasteiger partial charge in [0.2, 0.25) is 0 Å². The fourth-order valence-corrected chi connectivity index (χ4v) is 5.69. The van der Waals surface area contributed by atoms with E-state index in [2.05, 4.69) is 66.9 Å². The Bertz CT molecular complexity index is 1320. The number of rotatable bonds is 10. The second-order valence-corrected chi connectivity index (χ2v) is 19.4. The van der Waals surface area contributed by atoms with Gasteiger partial charge in [-0.1, -0.05) is 19.1 Å². The van der Waals surface area contributed by atoms with Gasteiger partial charge in [0.05, 0.1) is 12.0 Å². The summed E-state index contributed by atoms with van der Waals surface area (Å²) in [6.45, 7) is 18.1. The summed E-state index contributed by atoms with van der Waals surface area (Å²) in [5, 5.41) is 4.19. The molecule has 0 atom stereocenters. The average Bonchev–Trinajstić information content (AvgIpc) is 3.28. The third-order valence-electron chi connectivity index (χ3n) is 7.63. The van der Waals surface area contributed by atoms with Crippen molar-refractivity contribution in [1.29, 1.82) is 0 Å². The van der Waals surface area contributed by atoms with Crippen LogP contribution in [0.15, 0.2) is 42.7 Å². The average molecular weight is 581 g/mol. The van der Waals surface area contributed by atoms with Crippen molar-refractivity contribution in [2.45, 2.75) is 78.6 Å². The van der Waals surface area contributed by atoms with Gasteiger partial charge in [-0.25, -0.2) is 9.78 Å². The first-order chi connectivity index (χ1) is 19.3. The van der Waals surface area contributed by atoms with Gasteiger partial charge in [-0.15, -0.1) is 14.1 Å². The van der Waals surface area contributed by atoms with Crippen LogP contribution in [0.5, 0.6) is 5.75 Å². The molecule has 0 radical (unpaired) electrons. The van der Waals surface area contributed by atoms with Gasteiger partial charge in [0, 0.05) is 55.8 Å². The molecule has 1 aliphatic heterocycles. The highest BCUT2D eigenvalue weighted by molar-refractivity contribution is 6.76. The van der Waals surface area contributed by atoms with Crippen LogP contribution >= 0.6 is 0 Å². The molecule has 1 N–H and O–H groups in total. The first-order valence-electron chi connectivity index (χ1n) is 14.7. The lowest BCUT2D eigenvalue weighted by Crippen LogP contribution is -2.46. The van der Waals surface area contributed by atoms with Crippen LogP contribution in [0, 0.1) is 5.41 Å². The second-order valence-electron chi connectivity index (χ2n) is 13.8. The number of anilines is 1. The molecule has 0 saturated carbocycles. The lowest BCUT2D eigenvalue weighted by Gasteiger charge is -2.39. The van der Waals surface area contributed by atoms with Gasteiger partial charge >= 0.3 is 6.09 Å². The van der Waals surface area contributed by atoms with E-state index in [1.807, 2.05) is 45.0 Å². The Balaban J connectivity index is 1.54. The molecule has 9 heteroatoms. The number of hydrogen-bond acceptors (Lipinski definition) is 6. The quantitative estimate of drug-likeness (QED) is 0.198. The van der Waals surface area contributed by atoms with Gasteiger partial charge in [0.25, 0.3) is 0 Å². The van der Waals surface area contributed by atoms with Gasteiger partial charge < -0.3 is 29.0 Å². The maximum absolute atomic E-state index is 12.6. The predicted octanol–water partition coefficient (Wildman–Crippen LogP) is 7.47. The molecule has 0 bridgehead atoms. The van der Waals surface area contributed by atoms with Crippen molar-refractivity contribution in [3.8, 4) is 16.9 Å². The van der Waals surface area contributed by atoms with Gasteiger partial charge in [-0.2, -0.15) is 19.6 Å². The van der Waals surface area contributed by atoms with E-state index in [0.29, 0.717) is 26.4 Å². The van der Waals surface area contributed by atoms with E-state index in [0.717, 1.165) is 59.1 Å². The van der Waals surface area contributed by atoms with Crippen LogP contribution in [-0.2, 0) is 16.2 Å². The minimum Gasteiger partial charge on any atom is -0.492 e. The number of aromatic nitrogens is 2. The molecule has 0 unspecified atom stereocenters. The minimum atomic E-state index is -1.18. The molecule has 3 heterocycles. The van der Waals surface area contributed by atoms with Gasteiger partial charge in [0.1, 0.15) is 23.7 Å². The van der Waals surface area contributed by atoms with Crippen molar-refractivity contribution >= 4 is 30.9 Å². The fraction of sp³-hybridized carbons (Fsp3) is 0.562. The van der Waals surface area contributed by atoms with E-state index < -0.39 is 13.7 Å². The smallest absolute Gasteiger partial charge is 0.410 e. The Morgan fingerprint density at radius 1 is 1.10 bits per heavy atom. The zero-order valence-electron chi connectivity index (χ0n) is 26.2.